The molecule has 116 valence electrons. The lowest BCUT2D eigenvalue weighted by Gasteiger charge is -2.33. The van der Waals surface area contributed by atoms with Crippen molar-refractivity contribution in [2.45, 2.75) is 45.7 Å². The number of benzene rings is 1. The molecule has 0 aromatic heterocycles. The number of hydrogen-bond acceptors (Lipinski definition) is 3. The van der Waals surface area contributed by atoms with Crippen LogP contribution < -0.4 is 10.5 Å². The first kappa shape index (κ1) is 15.8. The molecule has 2 N–H and O–H groups in total. The van der Waals surface area contributed by atoms with E-state index in [1.54, 1.807) is 7.11 Å². The van der Waals surface area contributed by atoms with Gasteiger partial charge >= 0.3 is 0 Å². The van der Waals surface area contributed by atoms with Crippen LogP contribution in [-0.2, 0) is 4.79 Å². The van der Waals surface area contributed by atoms with Crippen molar-refractivity contribution in [3.05, 3.63) is 29.8 Å². The molecule has 0 aliphatic carbocycles. The number of methoxy groups -OCH3 is 1. The van der Waals surface area contributed by atoms with Gasteiger partial charge in [-0.25, -0.2) is 0 Å². The van der Waals surface area contributed by atoms with Gasteiger partial charge < -0.3 is 15.4 Å². The van der Waals surface area contributed by atoms with Crippen LogP contribution in [0.4, 0.5) is 0 Å². The number of likely N-dealkylation sites (tertiary alicyclic amines) is 1. The normalized spacial score (nSPS) is 20.4. The minimum absolute atomic E-state index is 0.0563. The van der Waals surface area contributed by atoms with Crippen LogP contribution in [-0.4, -0.2) is 30.5 Å². The van der Waals surface area contributed by atoms with E-state index in [-0.39, 0.29) is 17.4 Å². The van der Waals surface area contributed by atoms with E-state index in [9.17, 15) is 4.79 Å². The number of ether oxygens (including phenoxy) is 1. The lowest BCUT2D eigenvalue weighted by Crippen LogP contribution is -2.50. The second-order valence-corrected chi connectivity index (χ2v) is 6.81. The fourth-order valence-corrected chi connectivity index (χ4v) is 2.75. The van der Waals surface area contributed by atoms with Gasteiger partial charge in [-0.05, 0) is 36.0 Å². The zero-order chi connectivity index (χ0) is 15.6. The summed E-state index contributed by atoms with van der Waals surface area (Å²) in [4.78, 5) is 14.6. The van der Waals surface area contributed by atoms with Gasteiger partial charge in [0.2, 0.25) is 5.91 Å². The monoisotopic (exact) mass is 290 g/mol. The summed E-state index contributed by atoms with van der Waals surface area (Å²) in [6, 6.07) is 7.64. The largest absolute Gasteiger partial charge is 0.497 e. The Hall–Kier alpha value is -1.55. The molecule has 1 aliphatic heterocycles. The molecule has 1 heterocycles. The molecule has 2 rings (SSSR count). The fraction of sp³-hybridized carbons (Fsp3) is 0.588. The zero-order valence-corrected chi connectivity index (χ0v) is 13.4. The molecule has 21 heavy (non-hydrogen) atoms. The first-order valence-electron chi connectivity index (χ1n) is 7.54. The number of carbonyl (C=O) groups excluding carboxylic acids is 1. The second kappa shape index (κ2) is 6.06. The van der Waals surface area contributed by atoms with Gasteiger partial charge in [0.1, 0.15) is 5.75 Å². The van der Waals surface area contributed by atoms with Crippen molar-refractivity contribution >= 4 is 5.91 Å². The van der Waals surface area contributed by atoms with Crippen LogP contribution >= 0.6 is 0 Å². The minimum atomic E-state index is -0.462. The van der Waals surface area contributed by atoms with Gasteiger partial charge in [0.25, 0.3) is 0 Å². The molecule has 2 unspecified atom stereocenters. The van der Waals surface area contributed by atoms with E-state index in [1.807, 2.05) is 49.9 Å². The molecule has 4 nitrogen and oxygen atoms in total. The van der Waals surface area contributed by atoms with Gasteiger partial charge in [-0.2, -0.15) is 0 Å². The summed E-state index contributed by atoms with van der Waals surface area (Å²) in [7, 11) is 1.66. The highest BCUT2D eigenvalue weighted by Gasteiger charge is 2.36. The summed E-state index contributed by atoms with van der Waals surface area (Å²) < 4.78 is 5.19. The lowest BCUT2D eigenvalue weighted by molar-refractivity contribution is -0.135. The van der Waals surface area contributed by atoms with Crippen molar-refractivity contribution in [2.24, 2.45) is 11.1 Å². The van der Waals surface area contributed by atoms with Gasteiger partial charge in [0.15, 0.2) is 0 Å². The van der Waals surface area contributed by atoms with Gasteiger partial charge in [0.05, 0.1) is 19.2 Å². The standard InChI is InChI=1S/C17H26N2O2/c1-17(2,3)15(18)16(20)19-11-5-6-14(19)12-7-9-13(21-4)10-8-12/h7-10,14-15H,5-6,11,18H2,1-4H3. The smallest absolute Gasteiger partial charge is 0.240 e. The maximum absolute atomic E-state index is 12.7. The zero-order valence-electron chi connectivity index (χ0n) is 13.4. The molecule has 1 aromatic carbocycles. The van der Waals surface area contributed by atoms with Crippen LogP contribution in [0.1, 0.15) is 45.2 Å². The molecular formula is C17H26N2O2. The second-order valence-electron chi connectivity index (χ2n) is 6.81. The van der Waals surface area contributed by atoms with Crippen LogP contribution in [0, 0.1) is 5.41 Å². The topological polar surface area (TPSA) is 55.6 Å². The molecule has 0 bridgehead atoms. The first-order valence-corrected chi connectivity index (χ1v) is 7.54. The van der Waals surface area contributed by atoms with Crippen LogP contribution in [0.2, 0.25) is 0 Å². The highest BCUT2D eigenvalue weighted by molar-refractivity contribution is 5.83. The third-order valence-corrected chi connectivity index (χ3v) is 4.24. The number of hydrogen-bond donors (Lipinski definition) is 1. The number of amides is 1. The summed E-state index contributed by atoms with van der Waals surface area (Å²) >= 11 is 0. The van der Waals surface area contributed by atoms with Crippen LogP contribution in [0.5, 0.6) is 5.75 Å². The van der Waals surface area contributed by atoms with Crippen molar-refractivity contribution in [3.8, 4) is 5.75 Å². The van der Waals surface area contributed by atoms with Crippen molar-refractivity contribution in [2.75, 3.05) is 13.7 Å². The molecule has 1 fully saturated rings. The molecule has 1 saturated heterocycles. The quantitative estimate of drug-likeness (QED) is 0.931. The Kier molecular flexibility index (Phi) is 4.57. The molecule has 4 heteroatoms. The van der Waals surface area contributed by atoms with Crippen LogP contribution in [0.15, 0.2) is 24.3 Å². The van der Waals surface area contributed by atoms with E-state index in [2.05, 4.69) is 0 Å². The van der Waals surface area contributed by atoms with E-state index >= 15 is 0 Å². The maximum atomic E-state index is 12.7. The summed E-state index contributed by atoms with van der Waals surface area (Å²) in [5.41, 5.74) is 7.09. The molecule has 2 atom stereocenters. The molecule has 1 aliphatic rings. The van der Waals surface area contributed by atoms with E-state index in [0.717, 1.165) is 30.7 Å². The van der Waals surface area contributed by atoms with E-state index < -0.39 is 6.04 Å². The molecule has 0 radical (unpaired) electrons. The average Bonchev–Trinajstić information content (AvgIpc) is 2.94. The van der Waals surface area contributed by atoms with Crippen molar-refractivity contribution in [1.82, 2.24) is 4.90 Å². The van der Waals surface area contributed by atoms with E-state index in [0.29, 0.717) is 0 Å². The summed E-state index contributed by atoms with van der Waals surface area (Å²) in [5, 5.41) is 0. The summed E-state index contributed by atoms with van der Waals surface area (Å²) in [5.74, 6) is 0.891. The Morgan fingerprint density at radius 1 is 1.33 bits per heavy atom. The predicted molar refractivity (Wildman–Crippen MR) is 84.1 cm³/mol. The maximum Gasteiger partial charge on any atom is 0.240 e. The van der Waals surface area contributed by atoms with Gasteiger partial charge in [-0.15, -0.1) is 0 Å². The molecule has 1 aromatic rings. The van der Waals surface area contributed by atoms with Gasteiger partial charge in [-0.3, -0.25) is 4.79 Å². The minimum Gasteiger partial charge on any atom is -0.497 e. The number of nitrogens with zero attached hydrogens (tertiary/aromatic N) is 1. The van der Waals surface area contributed by atoms with E-state index in [1.165, 1.54) is 0 Å². The predicted octanol–water partition coefficient (Wildman–Crippen LogP) is 2.73. The van der Waals surface area contributed by atoms with Crippen molar-refractivity contribution in [3.63, 3.8) is 0 Å². The van der Waals surface area contributed by atoms with Crippen LogP contribution in [0.3, 0.4) is 0 Å². The third kappa shape index (κ3) is 3.38. The number of rotatable bonds is 3. The molecular weight excluding hydrogens is 264 g/mol. The van der Waals surface area contributed by atoms with Gasteiger partial charge in [-0.1, -0.05) is 32.9 Å². The SMILES string of the molecule is COc1ccc(C2CCCN2C(=O)C(N)C(C)(C)C)cc1. The van der Waals surface area contributed by atoms with Crippen molar-refractivity contribution < 1.29 is 9.53 Å². The summed E-state index contributed by atoms with van der Waals surface area (Å²) in [6.07, 6.45) is 2.02. The Bertz CT molecular complexity index is 491. The molecule has 0 spiro atoms. The van der Waals surface area contributed by atoms with Crippen LogP contribution in [0.25, 0.3) is 0 Å². The highest BCUT2D eigenvalue weighted by Crippen LogP contribution is 2.34. The third-order valence-electron chi connectivity index (χ3n) is 4.24. The summed E-state index contributed by atoms with van der Waals surface area (Å²) in [6.45, 7) is 6.81. The first-order chi connectivity index (χ1) is 9.84. The average molecular weight is 290 g/mol. The Morgan fingerprint density at radius 3 is 2.48 bits per heavy atom. The molecule has 0 saturated carbocycles. The fourth-order valence-electron chi connectivity index (χ4n) is 2.75. The lowest BCUT2D eigenvalue weighted by atomic mass is 9.86. The molecule has 1 amide bonds. The number of nitrogens with two attached hydrogens (primary N) is 1. The highest BCUT2D eigenvalue weighted by atomic mass is 16.5. The Morgan fingerprint density at radius 2 is 1.95 bits per heavy atom. The van der Waals surface area contributed by atoms with Gasteiger partial charge in [0, 0.05) is 6.54 Å². The Balaban J connectivity index is 2.18. The van der Waals surface area contributed by atoms with Crippen molar-refractivity contribution in [1.29, 1.82) is 0 Å². The Labute approximate surface area is 127 Å². The number of carbonyl (C=O) groups is 1. The van der Waals surface area contributed by atoms with E-state index in [4.69, 9.17) is 10.5 Å².